The van der Waals surface area contributed by atoms with Gasteiger partial charge in [-0.05, 0) is 35.0 Å². The molecule has 7 heteroatoms. The van der Waals surface area contributed by atoms with Gasteiger partial charge < -0.3 is 4.90 Å². The Morgan fingerprint density at radius 1 is 1.16 bits per heavy atom. The van der Waals surface area contributed by atoms with Gasteiger partial charge in [0.1, 0.15) is 6.04 Å². The van der Waals surface area contributed by atoms with Crippen LogP contribution in [0, 0.1) is 6.92 Å². The van der Waals surface area contributed by atoms with Gasteiger partial charge >= 0.3 is 0 Å². The van der Waals surface area contributed by atoms with Gasteiger partial charge in [-0.15, -0.1) is 5.10 Å². The smallest absolute Gasteiger partial charge is 0.220 e. The molecular weight excluding hydrogens is 338 g/mol. The van der Waals surface area contributed by atoms with E-state index in [1.807, 2.05) is 49.4 Å². The van der Waals surface area contributed by atoms with Crippen molar-refractivity contribution < 1.29 is 4.79 Å². The topological polar surface area (TPSA) is 63.9 Å². The molecule has 0 spiro atoms. The van der Waals surface area contributed by atoms with E-state index < -0.39 is 6.04 Å². The van der Waals surface area contributed by atoms with E-state index in [0.29, 0.717) is 10.8 Å². The molecular formula is C18H18ClN5O. The Morgan fingerprint density at radius 3 is 2.52 bits per heavy atom. The fraction of sp³-hybridized carbons (Fsp3) is 0.222. The lowest BCUT2D eigenvalue weighted by Gasteiger charge is -2.27. The molecule has 0 bridgehead atoms. The highest BCUT2D eigenvalue weighted by Crippen LogP contribution is 2.32. The Kier molecular flexibility index (Phi) is 4.81. The minimum Gasteiger partial charge on any atom is -0.331 e. The van der Waals surface area contributed by atoms with Gasteiger partial charge in [0, 0.05) is 24.6 Å². The molecule has 0 fully saturated rings. The molecule has 1 amide bonds. The molecule has 0 aliphatic rings. The maximum atomic E-state index is 12.1. The summed E-state index contributed by atoms with van der Waals surface area (Å²) in [7, 11) is 1.72. The molecule has 25 heavy (non-hydrogen) atoms. The van der Waals surface area contributed by atoms with Crippen molar-refractivity contribution in [2.45, 2.75) is 19.9 Å². The standard InChI is InChI=1S/C18H18ClN5O/c1-12-8-4-7-11-16(12)24-18(20-21-22-24)17(23(3)13(2)25)14-9-5-6-10-15(14)19/h4-11,17H,1-3H3/t17-/m1/s1. The third kappa shape index (κ3) is 3.25. The second-order valence-corrected chi connectivity index (χ2v) is 6.20. The number of rotatable bonds is 4. The van der Waals surface area contributed by atoms with E-state index in [4.69, 9.17) is 11.6 Å². The number of hydrogen-bond acceptors (Lipinski definition) is 4. The van der Waals surface area contributed by atoms with Crippen molar-refractivity contribution in [3.05, 3.63) is 70.5 Å². The Hall–Kier alpha value is -2.73. The second-order valence-electron chi connectivity index (χ2n) is 5.79. The predicted molar refractivity (Wildman–Crippen MR) is 95.6 cm³/mol. The molecule has 1 heterocycles. The highest BCUT2D eigenvalue weighted by atomic mass is 35.5. The summed E-state index contributed by atoms with van der Waals surface area (Å²) in [6, 6.07) is 14.7. The summed E-state index contributed by atoms with van der Waals surface area (Å²) in [5.41, 5.74) is 2.66. The van der Waals surface area contributed by atoms with Gasteiger partial charge in [0.05, 0.1) is 5.69 Å². The molecule has 0 unspecified atom stereocenters. The van der Waals surface area contributed by atoms with E-state index in [-0.39, 0.29) is 5.91 Å². The maximum absolute atomic E-state index is 12.1. The normalized spacial score (nSPS) is 12.0. The third-order valence-corrected chi connectivity index (χ3v) is 4.51. The van der Waals surface area contributed by atoms with Crippen molar-refractivity contribution in [1.29, 1.82) is 0 Å². The van der Waals surface area contributed by atoms with Crippen LogP contribution in [0.25, 0.3) is 5.69 Å². The van der Waals surface area contributed by atoms with Crippen LogP contribution in [0.3, 0.4) is 0 Å². The molecule has 0 saturated heterocycles. The highest BCUT2D eigenvalue weighted by Gasteiger charge is 2.29. The average Bonchev–Trinajstić information content (AvgIpc) is 3.06. The SMILES string of the molecule is CC(=O)N(C)[C@H](c1ccccc1Cl)c1nnnn1-c1ccccc1C. The van der Waals surface area contributed by atoms with Crippen LogP contribution in [0.5, 0.6) is 0 Å². The first-order valence-electron chi connectivity index (χ1n) is 7.82. The molecule has 0 aliphatic carbocycles. The van der Waals surface area contributed by atoms with Gasteiger partial charge in [-0.2, -0.15) is 4.68 Å². The van der Waals surface area contributed by atoms with Gasteiger partial charge in [-0.25, -0.2) is 0 Å². The van der Waals surface area contributed by atoms with Crippen molar-refractivity contribution in [2.75, 3.05) is 7.05 Å². The van der Waals surface area contributed by atoms with Crippen LogP contribution < -0.4 is 0 Å². The monoisotopic (exact) mass is 355 g/mol. The lowest BCUT2D eigenvalue weighted by molar-refractivity contribution is -0.129. The lowest BCUT2D eigenvalue weighted by Crippen LogP contribution is -2.32. The molecule has 0 N–H and O–H groups in total. The van der Waals surface area contributed by atoms with Crippen LogP contribution in [0.15, 0.2) is 48.5 Å². The van der Waals surface area contributed by atoms with Gasteiger partial charge in [-0.1, -0.05) is 48.0 Å². The Labute approximate surface area is 151 Å². The second kappa shape index (κ2) is 7.03. The van der Waals surface area contributed by atoms with Gasteiger partial charge in [0.15, 0.2) is 5.82 Å². The highest BCUT2D eigenvalue weighted by molar-refractivity contribution is 6.31. The summed E-state index contributed by atoms with van der Waals surface area (Å²) in [5, 5.41) is 12.7. The predicted octanol–water partition coefficient (Wildman–Crippen LogP) is 3.19. The number of para-hydroxylation sites is 1. The van der Waals surface area contributed by atoms with Crippen molar-refractivity contribution >= 4 is 17.5 Å². The fourth-order valence-electron chi connectivity index (χ4n) is 2.74. The maximum Gasteiger partial charge on any atom is 0.220 e. The molecule has 1 atom stereocenters. The average molecular weight is 356 g/mol. The van der Waals surface area contributed by atoms with E-state index in [1.165, 1.54) is 6.92 Å². The van der Waals surface area contributed by atoms with Crippen molar-refractivity contribution in [2.24, 2.45) is 0 Å². The number of aromatic nitrogens is 4. The number of carbonyl (C=O) groups excluding carboxylic acids is 1. The number of carbonyl (C=O) groups is 1. The number of amides is 1. The quantitative estimate of drug-likeness (QED) is 0.721. The summed E-state index contributed by atoms with van der Waals surface area (Å²) in [5.74, 6) is 0.421. The Morgan fingerprint density at radius 2 is 1.84 bits per heavy atom. The van der Waals surface area contributed by atoms with E-state index in [1.54, 1.807) is 22.7 Å². The van der Waals surface area contributed by atoms with Crippen LogP contribution in [-0.4, -0.2) is 38.1 Å². The van der Waals surface area contributed by atoms with Gasteiger partial charge in [0.25, 0.3) is 0 Å². The summed E-state index contributed by atoms with van der Waals surface area (Å²) >= 11 is 6.40. The number of hydrogen-bond donors (Lipinski definition) is 0. The molecule has 128 valence electrons. The Balaban J connectivity index is 2.20. The zero-order valence-electron chi connectivity index (χ0n) is 14.2. The van der Waals surface area contributed by atoms with Crippen molar-refractivity contribution in [3.8, 4) is 5.69 Å². The summed E-state index contributed by atoms with van der Waals surface area (Å²) in [6.45, 7) is 3.49. The number of nitrogens with zero attached hydrogens (tertiary/aromatic N) is 5. The molecule has 0 saturated carbocycles. The van der Waals surface area contributed by atoms with Crippen LogP contribution in [0.2, 0.25) is 5.02 Å². The number of aryl methyl sites for hydroxylation is 1. The fourth-order valence-corrected chi connectivity index (χ4v) is 2.98. The first-order valence-corrected chi connectivity index (χ1v) is 8.20. The summed E-state index contributed by atoms with van der Waals surface area (Å²) in [4.78, 5) is 13.7. The largest absolute Gasteiger partial charge is 0.331 e. The Bertz CT molecular complexity index is 908. The molecule has 3 aromatic rings. The van der Waals surface area contributed by atoms with Crippen molar-refractivity contribution in [3.63, 3.8) is 0 Å². The van der Waals surface area contributed by atoms with E-state index >= 15 is 0 Å². The van der Waals surface area contributed by atoms with Crippen molar-refractivity contribution in [1.82, 2.24) is 25.1 Å². The van der Waals surface area contributed by atoms with Gasteiger partial charge in [0.2, 0.25) is 5.91 Å². The zero-order valence-corrected chi connectivity index (χ0v) is 15.0. The van der Waals surface area contributed by atoms with Crippen LogP contribution >= 0.6 is 11.6 Å². The summed E-state index contributed by atoms with van der Waals surface area (Å²) < 4.78 is 1.66. The van der Waals surface area contributed by atoms with E-state index in [9.17, 15) is 4.79 Å². The van der Waals surface area contributed by atoms with Gasteiger partial charge in [-0.3, -0.25) is 4.79 Å². The first kappa shape index (κ1) is 17.1. The summed E-state index contributed by atoms with van der Waals surface area (Å²) in [6.07, 6.45) is 0. The van der Waals surface area contributed by atoms with Crippen LogP contribution in [-0.2, 0) is 4.79 Å². The lowest BCUT2D eigenvalue weighted by atomic mass is 10.0. The molecule has 2 aromatic carbocycles. The molecule has 6 nitrogen and oxygen atoms in total. The van der Waals surface area contributed by atoms with Crippen LogP contribution in [0.1, 0.15) is 29.9 Å². The minimum atomic E-state index is -0.499. The first-order chi connectivity index (χ1) is 12.0. The van der Waals surface area contributed by atoms with E-state index in [2.05, 4.69) is 15.5 Å². The molecule has 3 rings (SSSR count). The molecule has 0 aliphatic heterocycles. The number of tetrazole rings is 1. The number of benzene rings is 2. The van der Waals surface area contributed by atoms with E-state index in [0.717, 1.165) is 16.8 Å². The zero-order chi connectivity index (χ0) is 18.0. The molecule has 1 aromatic heterocycles. The van der Waals surface area contributed by atoms with Crippen LogP contribution in [0.4, 0.5) is 0 Å². The minimum absolute atomic E-state index is 0.107. The molecule has 0 radical (unpaired) electrons. The number of halogens is 1. The third-order valence-electron chi connectivity index (χ3n) is 4.17.